The average molecular weight is 296 g/mol. The van der Waals surface area contributed by atoms with E-state index in [-0.39, 0.29) is 6.04 Å². The van der Waals surface area contributed by atoms with Gasteiger partial charge in [0, 0.05) is 51.7 Å². The van der Waals surface area contributed by atoms with Gasteiger partial charge in [-0.15, -0.1) is 0 Å². The molecule has 0 amide bonds. The fourth-order valence-electron chi connectivity index (χ4n) is 3.21. The van der Waals surface area contributed by atoms with E-state index in [0.717, 1.165) is 39.3 Å². The molecule has 2 N–H and O–H groups in total. The highest BCUT2D eigenvalue weighted by atomic mass is 15.3. The Morgan fingerprint density at radius 1 is 0.955 bits per heavy atom. The van der Waals surface area contributed by atoms with Crippen LogP contribution >= 0.6 is 0 Å². The Bertz CT molecular complexity index is 510. The Morgan fingerprint density at radius 2 is 1.68 bits per heavy atom. The lowest BCUT2D eigenvalue weighted by atomic mass is 9.98. The summed E-state index contributed by atoms with van der Waals surface area (Å²) in [7, 11) is 0. The third kappa shape index (κ3) is 3.53. The first kappa shape index (κ1) is 15.2. The molecule has 1 aliphatic rings. The van der Waals surface area contributed by atoms with Crippen LogP contribution in [0.5, 0.6) is 0 Å². The van der Waals surface area contributed by atoms with E-state index in [1.54, 1.807) is 0 Å². The van der Waals surface area contributed by atoms with Gasteiger partial charge in [-0.05, 0) is 17.2 Å². The van der Waals surface area contributed by atoms with Crippen LogP contribution in [0, 0.1) is 0 Å². The van der Waals surface area contributed by atoms with Crippen molar-refractivity contribution in [2.24, 2.45) is 5.73 Å². The van der Waals surface area contributed by atoms with E-state index in [1.807, 2.05) is 18.5 Å². The molecule has 4 heteroatoms. The molecule has 3 rings (SSSR count). The molecular formula is C18H24N4. The van der Waals surface area contributed by atoms with E-state index in [2.05, 4.69) is 51.2 Å². The van der Waals surface area contributed by atoms with Gasteiger partial charge in [-0.25, -0.2) is 0 Å². The Morgan fingerprint density at radius 3 is 2.32 bits per heavy atom. The lowest BCUT2D eigenvalue weighted by Gasteiger charge is -2.39. The summed E-state index contributed by atoms with van der Waals surface area (Å²) in [5, 5.41) is 0. The summed E-state index contributed by atoms with van der Waals surface area (Å²) in [6.07, 6.45) is 3.83. The summed E-state index contributed by atoms with van der Waals surface area (Å²) >= 11 is 0. The molecule has 1 aromatic heterocycles. The van der Waals surface area contributed by atoms with Gasteiger partial charge in [-0.2, -0.15) is 0 Å². The molecule has 116 valence electrons. The Labute approximate surface area is 132 Å². The third-order valence-electron chi connectivity index (χ3n) is 4.33. The molecular weight excluding hydrogens is 272 g/mol. The van der Waals surface area contributed by atoms with E-state index in [4.69, 9.17) is 5.73 Å². The molecule has 2 heterocycles. The lowest BCUT2D eigenvalue weighted by molar-refractivity contribution is 0.111. The molecule has 2 aromatic rings. The van der Waals surface area contributed by atoms with Gasteiger partial charge >= 0.3 is 0 Å². The predicted octanol–water partition coefficient (Wildman–Crippen LogP) is 1.75. The normalized spacial score (nSPS) is 18.2. The third-order valence-corrected chi connectivity index (χ3v) is 4.33. The van der Waals surface area contributed by atoms with E-state index in [1.165, 1.54) is 11.1 Å². The second-order valence-corrected chi connectivity index (χ2v) is 5.77. The topological polar surface area (TPSA) is 45.4 Å². The van der Waals surface area contributed by atoms with Crippen molar-refractivity contribution in [2.45, 2.75) is 6.04 Å². The van der Waals surface area contributed by atoms with Gasteiger partial charge in [-0.1, -0.05) is 36.4 Å². The zero-order valence-electron chi connectivity index (χ0n) is 12.9. The van der Waals surface area contributed by atoms with Crippen molar-refractivity contribution in [3.8, 4) is 0 Å². The first-order chi connectivity index (χ1) is 10.9. The Hall–Kier alpha value is -1.75. The van der Waals surface area contributed by atoms with E-state index in [0.29, 0.717) is 0 Å². The molecule has 0 spiro atoms. The predicted molar refractivity (Wildman–Crippen MR) is 89.6 cm³/mol. The molecule has 1 atom stereocenters. The molecule has 1 aromatic carbocycles. The first-order valence-electron chi connectivity index (χ1n) is 8.00. The zero-order valence-corrected chi connectivity index (χ0v) is 12.9. The van der Waals surface area contributed by atoms with Crippen LogP contribution in [0.4, 0.5) is 0 Å². The number of piperazine rings is 1. The summed E-state index contributed by atoms with van der Waals surface area (Å²) in [6.45, 7) is 6.03. The summed E-state index contributed by atoms with van der Waals surface area (Å²) in [5.74, 6) is 0. The summed E-state index contributed by atoms with van der Waals surface area (Å²) < 4.78 is 0. The molecule has 1 fully saturated rings. The standard InChI is InChI=1S/C18H24N4/c19-8-10-21-11-13-22(14-12-21)18(16-5-2-1-3-6-16)17-7-4-9-20-15-17/h1-7,9,15,18H,8,10-14,19H2/t18-/m1/s1. The molecule has 0 bridgehead atoms. The molecule has 0 unspecified atom stereocenters. The van der Waals surface area contributed by atoms with Crippen LogP contribution in [0.15, 0.2) is 54.9 Å². The van der Waals surface area contributed by atoms with Gasteiger partial charge in [0.15, 0.2) is 0 Å². The fourth-order valence-corrected chi connectivity index (χ4v) is 3.21. The molecule has 1 saturated heterocycles. The number of nitrogens with zero attached hydrogens (tertiary/aromatic N) is 3. The van der Waals surface area contributed by atoms with Gasteiger partial charge in [-0.3, -0.25) is 14.8 Å². The number of nitrogens with two attached hydrogens (primary N) is 1. The number of pyridine rings is 1. The van der Waals surface area contributed by atoms with Crippen molar-refractivity contribution in [3.05, 3.63) is 66.0 Å². The van der Waals surface area contributed by atoms with E-state index in [9.17, 15) is 0 Å². The second-order valence-electron chi connectivity index (χ2n) is 5.77. The highest BCUT2D eigenvalue weighted by molar-refractivity contribution is 5.30. The molecule has 0 aliphatic carbocycles. The highest BCUT2D eigenvalue weighted by Gasteiger charge is 2.26. The first-order valence-corrected chi connectivity index (χ1v) is 8.00. The van der Waals surface area contributed by atoms with E-state index >= 15 is 0 Å². The second kappa shape index (κ2) is 7.49. The minimum Gasteiger partial charge on any atom is -0.329 e. The van der Waals surface area contributed by atoms with Crippen molar-refractivity contribution in [1.82, 2.24) is 14.8 Å². The van der Waals surface area contributed by atoms with E-state index < -0.39 is 0 Å². The van der Waals surface area contributed by atoms with Gasteiger partial charge in [0.05, 0.1) is 6.04 Å². The van der Waals surface area contributed by atoms with Crippen molar-refractivity contribution >= 4 is 0 Å². The van der Waals surface area contributed by atoms with Gasteiger partial charge in [0.2, 0.25) is 0 Å². The number of aromatic nitrogens is 1. The lowest BCUT2D eigenvalue weighted by Crippen LogP contribution is -2.49. The van der Waals surface area contributed by atoms with Gasteiger partial charge in [0.1, 0.15) is 0 Å². The Balaban J connectivity index is 1.81. The van der Waals surface area contributed by atoms with Gasteiger partial charge in [0.25, 0.3) is 0 Å². The number of rotatable bonds is 5. The smallest absolute Gasteiger partial charge is 0.0617 e. The molecule has 4 nitrogen and oxygen atoms in total. The minimum atomic E-state index is 0.287. The van der Waals surface area contributed by atoms with Crippen molar-refractivity contribution in [3.63, 3.8) is 0 Å². The van der Waals surface area contributed by atoms with Crippen LogP contribution in [-0.2, 0) is 0 Å². The maximum absolute atomic E-state index is 5.67. The van der Waals surface area contributed by atoms with Crippen LogP contribution < -0.4 is 5.73 Å². The molecule has 0 radical (unpaired) electrons. The zero-order chi connectivity index (χ0) is 15.2. The molecule has 1 aliphatic heterocycles. The number of hydrogen-bond donors (Lipinski definition) is 1. The monoisotopic (exact) mass is 296 g/mol. The maximum Gasteiger partial charge on any atom is 0.0617 e. The quantitative estimate of drug-likeness (QED) is 0.913. The summed E-state index contributed by atoms with van der Waals surface area (Å²) in [4.78, 5) is 9.32. The van der Waals surface area contributed by atoms with Crippen molar-refractivity contribution in [2.75, 3.05) is 39.3 Å². The van der Waals surface area contributed by atoms with Crippen LogP contribution in [0.2, 0.25) is 0 Å². The fraction of sp³-hybridized carbons (Fsp3) is 0.389. The SMILES string of the molecule is NCCN1CCN([C@H](c2ccccc2)c2cccnc2)CC1. The average Bonchev–Trinajstić information content (AvgIpc) is 2.59. The van der Waals surface area contributed by atoms with Crippen molar-refractivity contribution in [1.29, 1.82) is 0 Å². The maximum atomic E-state index is 5.67. The van der Waals surface area contributed by atoms with Crippen LogP contribution in [-0.4, -0.2) is 54.1 Å². The number of benzene rings is 1. The molecule has 0 saturated carbocycles. The summed E-state index contributed by atoms with van der Waals surface area (Å²) in [6, 6.07) is 15.2. The largest absolute Gasteiger partial charge is 0.329 e. The van der Waals surface area contributed by atoms with Crippen LogP contribution in [0.1, 0.15) is 17.2 Å². The van der Waals surface area contributed by atoms with Crippen LogP contribution in [0.3, 0.4) is 0 Å². The van der Waals surface area contributed by atoms with Gasteiger partial charge < -0.3 is 5.73 Å². The van der Waals surface area contributed by atoms with Crippen LogP contribution in [0.25, 0.3) is 0 Å². The Kier molecular flexibility index (Phi) is 5.16. The minimum absolute atomic E-state index is 0.287. The summed E-state index contributed by atoms with van der Waals surface area (Å²) in [5.41, 5.74) is 8.27. The molecule has 22 heavy (non-hydrogen) atoms. The number of hydrogen-bond acceptors (Lipinski definition) is 4. The highest BCUT2D eigenvalue weighted by Crippen LogP contribution is 2.28. The van der Waals surface area contributed by atoms with Crippen molar-refractivity contribution < 1.29 is 0 Å².